The van der Waals surface area contributed by atoms with Crippen molar-refractivity contribution in [2.24, 2.45) is 5.92 Å². The molecule has 14 heavy (non-hydrogen) atoms. The molecule has 0 saturated carbocycles. The molecular weight excluding hydrogens is 182 g/mol. The maximum absolute atomic E-state index is 8.89. The van der Waals surface area contributed by atoms with Crippen molar-refractivity contribution in [3.05, 3.63) is 12.5 Å². The van der Waals surface area contributed by atoms with E-state index in [1.165, 1.54) is 6.33 Å². The lowest BCUT2D eigenvalue weighted by Crippen LogP contribution is -2.48. The van der Waals surface area contributed by atoms with Crippen LogP contribution in [0, 0.1) is 5.92 Å². The van der Waals surface area contributed by atoms with Gasteiger partial charge in [-0.1, -0.05) is 0 Å². The molecule has 1 aromatic rings. The Bertz CT molecular complexity index is 313. The molecule has 1 aliphatic rings. The zero-order chi connectivity index (χ0) is 9.97. The highest BCUT2D eigenvalue weighted by molar-refractivity contribution is 5.52. The lowest BCUT2D eigenvalue weighted by Gasteiger charge is -2.39. The van der Waals surface area contributed by atoms with E-state index in [1.807, 2.05) is 0 Å². The molecule has 76 valence electrons. The number of ether oxygens (including phenoxy) is 1. The largest absolute Gasteiger partial charge is 0.491 e. The number of hydrogen-bond acceptors (Lipinski definition) is 5. The van der Waals surface area contributed by atoms with Gasteiger partial charge in [0.15, 0.2) is 11.6 Å². The van der Waals surface area contributed by atoms with Crippen molar-refractivity contribution >= 4 is 5.82 Å². The molecule has 2 heterocycles. The summed E-state index contributed by atoms with van der Waals surface area (Å²) in [6, 6.07) is 0. The Morgan fingerprint density at radius 2 is 2.43 bits per heavy atom. The number of aliphatic hydroxyl groups is 1. The van der Waals surface area contributed by atoms with Gasteiger partial charge in [-0.15, -0.1) is 0 Å². The van der Waals surface area contributed by atoms with Gasteiger partial charge in [-0.05, 0) is 0 Å². The van der Waals surface area contributed by atoms with E-state index in [9.17, 15) is 0 Å². The molecule has 0 bridgehead atoms. The Morgan fingerprint density at radius 1 is 1.64 bits per heavy atom. The van der Waals surface area contributed by atoms with E-state index in [0.717, 1.165) is 18.9 Å². The fourth-order valence-corrected chi connectivity index (χ4v) is 1.55. The molecular formula is C9H13N3O2. The molecule has 1 aliphatic heterocycles. The first-order valence-corrected chi connectivity index (χ1v) is 4.55. The first kappa shape index (κ1) is 9.21. The summed E-state index contributed by atoms with van der Waals surface area (Å²) < 4.78 is 5.14. The molecule has 0 aromatic carbocycles. The van der Waals surface area contributed by atoms with Gasteiger partial charge in [0, 0.05) is 25.6 Å². The highest BCUT2D eigenvalue weighted by Gasteiger charge is 2.28. The number of aliphatic hydroxyl groups excluding tert-OH is 1. The van der Waals surface area contributed by atoms with Crippen molar-refractivity contribution in [3.8, 4) is 5.75 Å². The average Bonchev–Trinajstić information content (AvgIpc) is 2.17. The zero-order valence-electron chi connectivity index (χ0n) is 8.05. The van der Waals surface area contributed by atoms with Crippen LogP contribution < -0.4 is 9.64 Å². The third-order valence-electron chi connectivity index (χ3n) is 2.39. The summed E-state index contributed by atoms with van der Waals surface area (Å²) in [5.41, 5.74) is 0. The monoisotopic (exact) mass is 195 g/mol. The van der Waals surface area contributed by atoms with Crippen LogP contribution in [-0.4, -0.2) is 41.9 Å². The molecule has 1 fully saturated rings. The molecule has 2 rings (SSSR count). The van der Waals surface area contributed by atoms with Crippen LogP contribution in [0.25, 0.3) is 0 Å². The lowest BCUT2D eigenvalue weighted by atomic mass is 10.0. The fraction of sp³-hybridized carbons (Fsp3) is 0.556. The van der Waals surface area contributed by atoms with Gasteiger partial charge < -0.3 is 14.7 Å². The summed E-state index contributed by atoms with van der Waals surface area (Å²) in [7, 11) is 1.60. The van der Waals surface area contributed by atoms with Crippen LogP contribution in [-0.2, 0) is 0 Å². The highest BCUT2D eigenvalue weighted by Crippen LogP contribution is 2.29. The van der Waals surface area contributed by atoms with Gasteiger partial charge in [-0.25, -0.2) is 9.97 Å². The molecule has 1 saturated heterocycles. The summed E-state index contributed by atoms with van der Waals surface area (Å²) in [5.74, 6) is 1.87. The quantitative estimate of drug-likeness (QED) is 0.730. The Kier molecular flexibility index (Phi) is 2.49. The topological polar surface area (TPSA) is 58.5 Å². The summed E-state index contributed by atoms with van der Waals surface area (Å²) in [6.07, 6.45) is 3.15. The Morgan fingerprint density at radius 3 is 3.07 bits per heavy atom. The molecule has 5 heteroatoms. The van der Waals surface area contributed by atoms with E-state index < -0.39 is 0 Å². The van der Waals surface area contributed by atoms with Gasteiger partial charge in [0.25, 0.3) is 0 Å². The van der Waals surface area contributed by atoms with Gasteiger partial charge in [-0.2, -0.15) is 0 Å². The van der Waals surface area contributed by atoms with Crippen molar-refractivity contribution in [1.29, 1.82) is 0 Å². The maximum Gasteiger partial charge on any atom is 0.179 e. The summed E-state index contributed by atoms with van der Waals surface area (Å²) in [6.45, 7) is 1.91. The summed E-state index contributed by atoms with van der Waals surface area (Å²) in [5, 5.41) is 8.89. The van der Waals surface area contributed by atoms with Crippen molar-refractivity contribution < 1.29 is 9.84 Å². The van der Waals surface area contributed by atoms with Crippen LogP contribution in [0.4, 0.5) is 5.82 Å². The number of anilines is 1. The molecule has 0 aliphatic carbocycles. The number of nitrogens with zero attached hydrogens (tertiary/aromatic N) is 3. The number of methoxy groups -OCH3 is 1. The van der Waals surface area contributed by atoms with Gasteiger partial charge in [0.2, 0.25) is 0 Å². The SMILES string of the molecule is COc1cncnc1N1CC(CO)C1. The van der Waals surface area contributed by atoms with Gasteiger partial charge in [-0.3, -0.25) is 0 Å². The predicted octanol–water partition coefficient (Wildman–Crippen LogP) is -0.0863. The Hall–Kier alpha value is -1.36. The van der Waals surface area contributed by atoms with Crippen molar-refractivity contribution in [1.82, 2.24) is 9.97 Å². The summed E-state index contributed by atoms with van der Waals surface area (Å²) in [4.78, 5) is 10.1. The standard InChI is InChI=1S/C9H13N3O2/c1-14-8-2-10-6-11-9(8)12-3-7(4-12)5-13/h2,6-7,13H,3-5H2,1H3. The molecule has 5 nitrogen and oxygen atoms in total. The van der Waals surface area contributed by atoms with E-state index >= 15 is 0 Å². The normalized spacial score (nSPS) is 16.6. The molecule has 0 atom stereocenters. The smallest absolute Gasteiger partial charge is 0.179 e. The van der Waals surface area contributed by atoms with Crippen LogP contribution in [0.3, 0.4) is 0 Å². The molecule has 0 unspecified atom stereocenters. The van der Waals surface area contributed by atoms with E-state index in [4.69, 9.17) is 9.84 Å². The van der Waals surface area contributed by atoms with E-state index in [1.54, 1.807) is 13.3 Å². The fourth-order valence-electron chi connectivity index (χ4n) is 1.55. The van der Waals surface area contributed by atoms with Crippen molar-refractivity contribution in [2.45, 2.75) is 0 Å². The van der Waals surface area contributed by atoms with Crippen molar-refractivity contribution in [3.63, 3.8) is 0 Å². The molecule has 1 N–H and O–H groups in total. The molecule has 1 aromatic heterocycles. The number of rotatable bonds is 3. The molecule has 0 spiro atoms. The minimum absolute atomic E-state index is 0.240. The second-order valence-electron chi connectivity index (χ2n) is 3.37. The summed E-state index contributed by atoms with van der Waals surface area (Å²) >= 11 is 0. The zero-order valence-corrected chi connectivity index (χ0v) is 8.05. The van der Waals surface area contributed by atoms with Crippen LogP contribution in [0.15, 0.2) is 12.5 Å². The van der Waals surface area contributed by atoms with Crippen LogP contribution >= 0.6 is 0 Å². The third kappa shape index (κ3) is 1.50. The maximum atomic E-state index is 8.89. The van der Waals surface area contributed by atoms with Crippen LogP contribution in [0.2, 0.25) is 0 Å². The van der Waals surface area contributed by atoms with Crippen LogP contribution in [0.1, 0.15) is 0 Å². The van der Waals surface area contributed by atoms with E-state index in [2.05, 4.69) is 14.9 Å². The first-order chi connectivity index (χ1) is 6.85. The Balaban J connectivity index is 2.10. The highest BCUT2D eigenvalue weighted by atomic mass is 16.5. The van der Waals surface area contributed by atoms with Gasteiger partial charge >= 0.3 is 0 Å². The van der Waals surface area contributed by atoms with Gasteiger partial charge in [0.05, 0.1) is 13.3 Å². The number of hydrogen-bond donors (Lipinski definition) is 1. The first-order valence-electron chi connectivity index (χ1n) is 4.55. The third-order valence-corrected chi connectivity index (χ3v) is 2.39. The lowest BCUT2D eigenvalue weighted by molar-refractivity contribution is 0.199. The molecule has 0 amide bonds. The number of aromatic nitrogens is 2. The minimum Gasteiger partial charge on any atom is -0.491 e. The van der Waals surface area contributed by atoms with E-state index in [-0.39, 0.29) is 6.61 Å². The second-order valence-corrected chi connectivity index (χ2v) is 3.37. The molecule has 0 radical (unpaired) electrons. The Labute approximate surface area is 82.4 Å². The van der Waals surface area contributed by atoms with Gasteiger partial charge in [0.1, 0.15) is 6.33 Å². The van der Waals surface area contributed by atoms with Crippen LogP contribution in [0.5, 0.6) is 5.75 Å². The van der Waals surface area contributed by atoms with Crippen molar-refractivity contribution in [2.75, 3.05) is 31.7 Å². The predicted molar refractivity (Wildman–Crippen MR) is 51.4 cm³/mol. The van der Waals surface area contributed by atoms with E-state index in [0.29, 0.717) is 11.7 Å². The average molecular weight is 195 g/mol. The second kappa shape index (κ2) is 3.79. The minimum atomic E-state index is 0.240.